The molecule has 1 aliphatic rings. The lowest BCUT2D eigenvalue weighted by molar-refractivity contribution is -0.129. The van der Waals surface area contributed by atoms with Crippen molar-refractivity contribution >= 4 is 11.7 Å². The van der Waals surface area contributed by atoms with Gasteiger partial charge in [-0.25, -0.2) is 0 Å². The maximum Gasteiger partial charge on any atom is 0.223 e. The molecule has 0 aliphatic carbocycles. The molecule has 1 saturated heterocycles. The van der Waals surface area contributed by atoms with E-state index in [-0.39, 0.29) is 23.7 Å². The number of ketones is 1. The fourth-order valence-electron chi connectivity index (χ4n) is 2.29. The van der Waals surface area contributed by atoms with E-state index in [0.29, 0.717) is 13.0 Å². The Hall–Kier alpha value is -1.64. The Morgan fingerprint density at radius 2 is 2.00 bits per heavy atom. The van der Waals surface area contributed by atoms with Gasteiger partial charge < -0.3 is 4.90 Å². The Bertz CT molecular complexity index is 427. The highest BCUT2D eigenvalue weighted by molar-refractivity contribution is 5.89. The van der Waals surface area contributed by atoms with Gasteiger partial charge in [0, 0.05) is 18.9 Å². The summed E-state index contributed by atoms with van der Waals surface area (Å²) in [6.45, 7) is 4.13. The third-order valence-electron chi connectivity index (χ3n) is 3.48. The van der Waals surface area contributed by atoms with Gasteiger partial charge in [0.15, 0.2) is 0 Å². The Morgan fingerprint density at radius 3 is 2.53 bits per heavy atom. The summed E-state index contributed by atoms with van der Waals surface area (Å²) in [5.74, 6) is 0.0799. The summed E-state index contributed by atoms with van der Waals surface area (Å²) in [5, 5.41) is 0. The summed E-state index contributed by atoms with van der Waals surface area (Å²) < 4.78 is 0. The van der Waals surface area contributed by atoms with Crippen LogP contribution in [0.1, 0.15) is 31.9 Å². The number of hydrogen-bond acceptors (Lipinski definition) is 2. The minimum atomic E-state index is -0.117. The molecule has 1 amide bonds. The standard InChI is InChI=1S/C14H17NO2/c1-10(12-6-4-3-5-7-12)15-9-13(11(2)16)8-14(15)17/h3-7,10,13H,8-9H2,1-2H3/t10-,13+/m0/s1. The molecule has 2 rings (SSSR count). The summed E-state index contributed by atoms with van der Waals surface area (Å²) >= 11 is 0. The summed E-state index contributed by atoms with van der Waals surface area (Å²) in [6.07, 6.45) is 0.368. The second-order valence-corrected chi connectivity index (χ2v) is 4.64. The predicted octanol–water partition coefficient (Wildman–Crippen LogP) is 2.19. The van der Waals surface area contributed by atoms with Crippen LogP contribution in [-0.4, -0.2) is 23.1 Å². The van der Waals surface area contributed by atoms with Crippen LogP contribution in [0.3, 0.4) is 0 Å². The van der Waals surface area contributed by atoms with Crippen LogP contribution in [0.2, 0.25) is 0 Å². The second kappa shape index (κ2) is 4.70. The first-order valence-corrected chi connectivity index (χ1v) is 5.94. The molecule has 0 unspecified atom stereocenters. The van der Waals surface area contributed by atoms with E-state index in [1.165, 1.54) is 0 Å². The predicted molar refractivity (Wildman–Crippen MR) is 65.4 cm³/mol. The van der Waals surface area contributed by atoms with Crippen LogP contribution in [0.15, 0.2) is 30.3 Å². The molecule has 0 N–H and O–H groups in total. The fourth-order valence-corrected chi connectivity index (χ4v) is 2.29. The summed E-state index contributed by atoms with van der Waals surface area (Å²) in [7, 11) is 0. The van der Waals surface area contributed by atoms with E-state index >= 15 is 0 Å². The molecule has 1 aromatic rings. The zero-order valence-corrected chi connectivity index (χ0v) is 10.2. The zero-order valence-electron chi connectivity index (χ0n) is 10.2. The van der Waals surface area contributed by atoms with E-state index in [0.717, 1.165) is 5.56 Å². The Labute approximate surface area is 101 Å². The van der Waals surface area contributed by atoms with Gasteiger partial charge >= 0.3 is 0 Å². The molecule has 0 aromatic heterocycles. The molecule has 0 bridgehead atoms. The molecule has 1 heterocycles. The van der Waals surface area contributed by atoms with Crippen molar-refractivity contribution in [1.29, 1.82) is 0 Å². The molecule has 17 heavy (non-hydrogen) atoms. The number of amides is 1. The molecule has 0 saturated carbocycles. The van der Waals surface area contributed by atoms with Gasteiger partial charge in [-0.05, 0) is 19.4 Å². The maximum atomic E-state index is 11.9. The van der Waals surface area contributed by atoms with E-state index < -0.39 is 0 Å². The summed E-state index contributed by atoms with van der Waals surface area (Å²) in [4.78, 5) is 25.0. The number of carbonyl (C=O) groups excluding carboxylic acids is 2. The lowest BCUT2D eigenvalue weighted by Gasteiger charge is -2.25. The molecule has 3 heteroatoms. The van der Waals surface area contributed by atoms with Crippen molar-refractivity contribution in [3.8, 4) is 0 Å². The Morgan fingerprint density at radius 1 is 1.35 bits per heavy atom. The van der Waals surface area contributed by atoms with Crippen LogP contribution < -0.4 is 0 Å². The van der Waals surface area contributed by atoms with Crippen LogP contribution >= 0.6 is 0 Å². The van der Waals surface area contributed by atoms with E-state index in [1.54, 1.807) is 11.8 Å². The van der Waals surface area contributed by atoms with Gasteiger partial charge in [-0.1, -0.05) is 30.3 Å². The van der Waals surface area contributed by atoms with E-state index in [9.17, 15) is 9.59 Å². The van der Waals surface area contributed by atoms with Crippen LogP contribution in [0.4, 0.5) is 0 Å². The molecule has 1 aromatic carbocycles. The smallest absolute Gasteiger partial charge is 0.223 e. The fraction of sp³-hybridized carbons (Fsp3) is 0.429. The Kier molecular flexibility index (Phi) is 3.27. The molecule has 90 valence electrons. The number of Topliss-reactive ketones (excluding diaryl/α,β-unsaturated/α-hetero) is 1. The number of likely N-dealkylation sites (tertiary alicyclic amines) is 1. The topological polar surface area (TPSA) is 37.4 Å². The van der Waals surface area contributed by atoms with Crippen molar-refractivity contribution in [2.75, 3.05) is 6.54 Å². The molecule has 1 aliphatic heterocycles. The molecule has 0 radical (unpaired) electrons. The van der Waals surface area contributed by atoms with Gasteiger partial charge in [0.05, 0.1) is 6.04 Å². The molecular weight excluding hydrogens is 214 g/mol. The summed E-state index contributed by atoms with van der Waals surface area (Å²) in [5.41, 5.74) is 1.12. The first-order valence-electron chi connectivity index (χ1n) is 5.94. The van der Waals surface area contributed by atoms with Gasteiger partial charge in [-0.2, -0.15) is 0 Å². The average Bonchev–Trinajstić information content (AvgIpc) is 2.72. The zero-order chi connectivity index (χ0) is 12.4. The van der Waals surface area contributed by atoms with Crippen molar-refractivity contribution in [3.05, 3.63) is 35.9 Å². The van der Waals surface area contributed by atoms with Gasteiger partial charge in [0.25, 0.3) is 0 Å². The lowest BCUT2D eigenvalue weighted by Crippen LogP contribution is -2.29. The SMILES string of the molecule is CC(=O)[C@@H]1CC(=O)N([C@@H](C)c2ccccc2)C1. The van der Waals surface area contributed by atoms with Crippen molar-refractivity contribution in [3.63, 3.8) is 0 Å². The highest BCUT2D eigenvalue weighted by Crippen LogP contribution is 2.28. The monoisotopic (exact) mass is 231 g/mol. The highest BCUT2D eigenvalue weighted by Gasteiger charge is 2.35. The number of carbonyl (C=O) groups is 2. The maximum absolute atomic E-state index is 11.9. The van der Waals surface area contributed by atoms with Crippen molar-refractivity contribution < 1.29 is 9.59 Å². The van der Waals surface area contributed by atoms with Crippen LogP contribution in [-0.2, 0) is 9.59 Å². The van der Waals surface area contributed by atoms with E-state index in [4.69, 9.17) is 0 Å². The van der Waals surface area contributed by atoms with Crippen molar-refractivity contribution in [2.24, 2.45) is 5.92 Å². The van der Waals surface area contributed by atoms with Gasteiger partial charge in [0.1, 0.15) is 5.78 Å². The second-order valence-electron chi connectivity index (χ2n) is 4.64. The minimum absolute atomic E-state index is 0.0491. The highest BCUT2D eigenvalue weighted by atomic mass is 16.2. The van der Waals surface area contributed by atoms with Gasteiger partial charge in [-0.15, -0.1) is 0 Å². The minimum Gasteiger partial charge on any atom is -0.335 e. The normalized spacial score (nSPS) is 21.6. The lowest BCUT2D eigenvalue weighted by atomic mass is 10.0. The Balaban J connectivity index is 2.14. The molecule has 2 atom stereocenters. The number of rotatable bonds is 3. The third-order valence-corrected chi connectivity index (χ3v) is 3.48. The van der Waals surface area contributed by atoms with Crippen molar-refractivity contribution in [2.45, 2.75) is 26.3 Å². The molecule has 0 spiro atoms. The average molecular weight is 231 g/mol. The molecule has 3 nitrogen and oxygen atoms in total. The number of benzene rings is 1. The first kappa shape index (κ1) is 11.8. The van der Waals surface area contributed by atoms with Gasteiger partial charge in [-0.3, -0.25) is 9.59 Å². The molecular formula is C14H17NO2. The number of hydrogen-bond donors (Lipinski definition) is 0. The first-order chi connectivity index (χ1) is 8.09. The van der Waals surface area contributed by atoms with Crippen LogP contribution in [0.5, 0.6) is 0 Å². The summed E-state index contributed by atoms with van der Waals surface area (Å²) in [6, 6.07) is 9.97. The van der Waals surface area contributed by atoms with Crippen LogP contribution in [0.25, 0.3) is 0 Å². The quantitative estimate of drug-likeness (QED) is 0.799. The van der Waals surface area contributed by atoms with E-state index in [2.05, 4.69) is 0 Å². The largest absolute Gasteiger partial charge is 0.335 e. The third kappa shape index (κ3) is 2.38. The van der Waals surface area contributed by atoms with Crippen molar-refractivity contribution in [1.82, 2.24) is 4.90 Å². The molecule has 1 fully saturated rings. The van der Waals surface area contributed by atoms with Gasteiger partial charge in [0.2, 0.25) is 5.91 Å². The number of nitrogens with zero attached hydrogens (tertiary/aromatic N) is 1. The van der Waals surface area contributed by atoms with Crippen LogP contribution in [0, 0.1) is 5.92 Å². The van der Waals surface area contributed by atoms with E-state index in [1.807, 2.05) is 37.3 Å².